The number of carbonyl (C=O) groups is 6. The van der Waals surface area contributed by atoms with E-state index in [1.54, 1.807) is 6.20 Å². The summed E-state index contributed by atoms with van der Waals surface area (Å²) in [5, 5.41) is 13.5. The lowest BCUT2D eigenvalue weighted by atomic mass is 9.99. The fraction of sp³-hybridized carbons (Fsp3) is 0.500. The van der Waals surface area contributed by atoms with Crippen LogP contribution in [0.1, 0.15) is 70.8 Å². The molecule has 0 radical (unpaired) electrons. The first-order valence-corrected chi connectivity index (χ1v) is 17.5. The van der Waals surface area contributed by atoms with Gasteiger partial charge >= 0.3 is 0 Å². The number of H-pyrrole nitrogens is 2. The minimum absolute atomic E-state index is 0.0161. The van der Waals surface area contributed by atoms with Crippen LogP contribution in [-0.2, 0) is 48.0 Å². The molecule has 9 N–H and O–H groups in total. The number of benzene rings is 1. The molecule has 0 spiro atoms. The molecule has 5 atom stereocenters. The highest BCUT2D eigenvalue weighted by Crippen LogP contribution is 2.11. The summed E-state index contributed by atoms with van der Waals surface area (Å²) in [6.07, 6.45) is 7.27. The molecule has 16 nitrogen and oxygen atoms in total. The Morgan fingerprint density at radius 2 is 1.12 bits per heavy atom. The van der Waals surface area contributed by atoms with Crippen LogP contribution in [0.15, 0.2) is 55.4 Å². The van der Waals surface area contributed by atoms with Gasteiger partial charge in [0, 0.05) is 43.0 Å². The van der Waals surface area contributed by atoms with E-state index >= 15 is 0 Å². The second kappa shape index (κ2) is 20.3. The van der Waals surface area contributed by atoms with Crippen LogP contribution >= 0.6 is 0 Å². The molecule has 2 aromatic heterocycles. The standard InChI is InChI=1S/C36H52N10O6/c1-21(2)13-28(36(52)46-29(14-22(3)4)35(51)44-27(32(37)48)15-25-17-38-19-40-25)45-33(49)23(5)42-34(50)30(16-26-18-39-20-41-26)43-31(47)12-11-24-9-7-6-8-10-24/h6-10,17-23,27-30H,11-16H2,1-5H3,(H2,37,48)(H,38,40)(H,39,41)(H,42,50)(H,43,47)(H,44,51)(H,45,49)(H,46,52)/t23-,27-,28-,29-,30-/m0/s1. The summed E-state index contributed by atoms with van der Waals surface area (Å²) >= 11 is 0. The van der Waals surface area contributed by atoms with Crippen molar-refractivity contribution in [1.82, 2.24) is 46.5 Å². The molecule has 52 heavy (non-hydrogen) atoms. The third-order valence-electron chi connectivity index (χ3n) is 8.19. The second-order valence-corrected chi connectivity index (χ2v) is 13.7. The molecule has 3 rings (SSSR count). The Morgan fingerprint density at radius 3 is 1.60 bits per heavy atom. The summed E-state index contributed by atoms with van der Waals surface area (Å²) < 4.78 is 0. The van der Waals surface area contributed by atoms with Gasteiger partial charge in [0.05, 0.1) is 12.7 Å². The van der Waals surface area contributed by atoms with Gasteiger partial charge in [-0.05, 0) is 43.6 Å². The van der Waals surface area contributed by atoms with E-state index in [0.717, 1.165) is 5.56 Å². The van der Waals surface area contributed by atoms with E-state index in [1.165, 1.54) is 25.8 Å². The van der Waals surface area contributed by atoms with E-state index in [9.17, 15) is 28.8 Å². The number of imidazole rings is 2. The minimum Gasteiger partial charge on any atom is -0.368 e. The average Bonchev–Trinajstić information content (AvgIpc) is 3.81. The highest BCUT2D eigenvalue weighted by atomic mass is 16.2. The number of aryl methyl sites for hydroxylation is 1. The summed E-state index contributed by atoms with van der Waals surface area (Å²) in [7, 11) is 0. The van der Waals surface area contributed by atoms with Gasteiger partial charge < -0.3 is 42.3 Å². The Bertz CT molecular complexity index is 1590. The highest BCUT2D eigenvalue weighted by molar-refractivity contribution is 5.96. The molecule has 16 heteroatoms. The molecular formula is C36H52N10O6. The lowest BCUT2D eigenvalue weighted by Crippen LogP contribution is -2.59. The molecule has 0 aliphatic heterocycles. The summed E-state index contributed by atoms with van der Waals surface area (Å²) in [4.78, 5) is 92.6. The van der Waals surface area contributed by atoms with E-state index in [2.05, 4.69) is 46.5 Å². The first-order valence-electron chi connectivity index (χ1n) is 17.5. The number of aromatic amines is 2. The lowest BCUT2D eigenvalue weighted by molar-refractivity contribution is -0.135. The van der Waals surface area contributed by atoms with E-state index in [0.29, 0.717) is 17.8 Å². The van der Waals surface area contributed by atoms with E-state index in [1.807, 2.05) is 58.0 Å². The fourth-order valence-electron chi connectivity index (χ4n) is 5.46. The number of aromatic nitrogens is 4. The lowest BCUT2D eigenvalue weighted by Gasteiger charge is -2.27. The van der Waals surface area contributed by atoms with Gasteiger partial charge in [0.15, 0.2) is 0 Å². The van der Waals surface area contributed by atoms with Crippen LogP contribution < -0.4 is 32.3 Å². The van der Waals surface area contributed by atoms with Crippen molar-refractivity contribution in [2.75, 3.05) is 0 Å². The summed E-state index contributed by atoms with van der Waals surface area (Å²) in [6.45, 7) is 8.99. The van der Waals surface area contributed by atoms with E-state index in [4.69, 9.17) is 5.73 Å². The van der Waals surface area contributed by atoms with Crippen LogP contribution in [0.4, 0.5) is 0 Å². The van der Waals surface area contributed by atoms with E-state index < -0.39 is 59.7 Å². The van der Waals surface area contributed by atoms with Crippen molar-refractivity contribution in [3.05, 3.63) is 72.3 Å². The number of nitrogens with one attached hydrogen (secondary N) is 7. The van der Waals surface area contributed by atoms with Gasteiger partial charge in [-0.2, -0.15) is 0 Å². The number of rotatable bonds is 21. The van der Waals surface area contributed by atoms with Crippen LogP contribution in [0.3, 0.4) is 0 Å². The number of primary amides is 1. The first kappa shape index (κ1) is 40.9. The number of nitrogens with zero attached hydrogens (tertiary/aromatic N) is 2. The van der Waals surface area contributed by atoms with Crippen LogP contribution in [0.5, 0.6) is 0 Å². The van der Waals surface area contributed by atoms with Crippen molar-refractivity contribution in [3.63, 3.8) is 0 Å². The molecule has 0 saturated carbocycles. The predicted octanol–water partition coefficient (Wildman–Crippen LogP) is 0.572. The number of nitrogens with two attached hydrogens (primary N) is 1. The Morgan fingerprint density at radius 1 is 0.635 bits per heavy atom. The SMILES string of the molecule is CC(C)C[C@H](NC(=O)[C@H](C)NC(=O)[C@H](Cc1cnc[nH]1)NC(=O)CCc1ccccc1)C(=O)N[C@@H](CC(C)C)C(=O)N[C@@H](Cc1cnc[nH]1)C(N)=O. The van der Waals surface area contributed by atoms with Gasteiger partial charge in [-0.25, -0.2) is 9.97 Å². The van der Waals surface area contributed by atoms with Gasteiger partial charge in [0.25, 0.3) is 0 Å². The molecule has 1 aromatic carbocycles. The molecule has 0 saturated heterocycles. The van der Waals surface area contributed by atoms with Gasteiger partial charge in [-0.1, -0.05) is 58.0 Å². The molecule has 2 heterocycles. The molecule has 282 valence electrons. The minimum atomic E-state index is -1.09. The Balaban J connectivity index is 1.66. The summed E-state index contributed by atoms with van der Waals surface area (Å²) in [5.41, 5.74) is 7.74. The molecule has 0 aliphatic carbocycles. The van der Waals surface area contributed by atoms with E-state index in [-0.39, 0.29) is 49.8 Å². The number of hydrogen-bond donors (Lipinski definition) is 8. The number of carbonyl (C=O) groups excluding carboxylic acids is 6. The van der Waals surface area contributed by atoms with Crippen molar-refractivity contribution in [1.29, 1.82) is 0 Å². The third kappa shape index (κ3) is 14.0. The molecule has 6 amide bonds. The third-order valence-corrected chi connectivity index (χ3v) is 8.19. The van der Waals surface area contributed by atoms with Crippen LogP contribution in [-0.4, -0.2) is 85.6 Å². The maximum absolute atomic E-state index is 13.6. The Labute approximate surface area is 303 Å². The Kier molecular flexibility index (Phi) is 16.0. The Hall–Kier alpha value is -5.54. The van der Waals surface area contributed by atoms with Crippen LogP contribution in [0.25, 0.3) is 0 Å². The second-order valence-electron chi connectivity index (χ2n) is 13.7. The van der Waals surface area contributed by atoms with Crippen molar-refractivity contribution in [2.24, 2.45) is 17.6 Å². The molecule has 0 fully saturated rings. The van der Waals surface area contributed by atoms with Crippen molar-refractivity contribution in [2.45, 2.75) is 103 Å². The summed E-state index contributed by atoms with van der Waals surface area (Å²) in [5.74, 6) is -3.57. The van der Waals surface area contributed by atoms with Crippen molar-refractivity contribution >= 4 is 35.4 Å². The molecule has 0 aliphatic rings. The highest BCUT2D eigenvalue weighted by Gasteiger charge is 2.32. The van der Waals surface area contributed by atoms with Crippen molar-refractivity contribution < 1.29 is 28.8 Å². The maximum atomic E-state index is 13.6. The largest absolute Gasteiger partial charge is 0.368 e. The summed E-state index contributed by atoms with van der Waals surface area (Å²) in [6, 6.07) is 4.25. The number of amides is 6. The predicted molar refractivity (Wildman–Crippen MR) is 193 cm³/mol. The average molecular weight is 721 g/mol. The zero-order valence-electron chi connectivity index (χ0n) is 30.4. The normalized spacial score (nSPS) is 14.1. The molecular weight excluding hydrogens is 668 g/mol. The van der Waals surface area contributed by atoms with Crippen molar-refractivity contribution in [3.8, 4) is 0 Å². The maximum Gasteiger partial charge on any atom is 0.243 e. The molecule has 0 unspecified atom stereocenters. The quantitative estimate of drug-likeness (QED) is 0.0771. The van der Waals surface area contributed by atoms with Gasteiger partial charge in [-0.3, -0.25) is 28.8 Å². The zero-order chi connectivity index (χ0) is 38.2. The fourth-order valence-corrected chi connectivity index (χ4v) is 5.46. The van der Waals surface area contributed by atoms with Crippen LogP contribution in [0, 0.1) is 11.8 Å². The smallest absolute Gasteiger partial charge is 0.243 e. The molecule has 0 bridgehead atoms. The van der Waals surface area contributed by atoms with Gasteiger partial charge in [-0.15, -0.1) is 0 Å². The zero-order valence-corrected chi connectivity index (χ0v) is 30.4. The number of hydrogen-bond acceptors (Lipinski definition) is 8. The monoisotopic (exact) mass is 720 g/mol. The topological polar surface area (TPSA) is 246 Å². The van der Waals surface area contributed by atoms with Gasteiger partial charge in [0.1, 0.15) is 30.2 Å². The van der Waals surface area contributed by atoms with Crippen LogP contribution in [0.2, 0.25) is 0 Å². The van der Waals surface area contributed by atoms with Gasteiger partial charge in [0.2, 0.25) is 35.4 Å². The first-order chi connectivity index (χ1) is 24.7. The molecule has 3 aromatic rings.